The van der Waals surface area contributed by atoms with Crippen molar-refractivity contribution in [3.05, 3.63) is 0 Å². The molecular weight excluding hydrogens is 290 g/mol. The van der Waals surface area contributed by atoms with Gasteiger partial charge in [-0.05, 0) is 27.7 Å². The van der Waals surface area contributed by atoms with Gasteiger partial charge in [0.1, 0.15) is 36.6 Å². The molecular formula is C13H18F2O6. The van der Waals surface area contributed by atoms with Crippen molar-refractivity contribution in [2.75, 3.05) is 0 Å². The first kappa shape index (κ1) is 14.2. The van der Waals surface area contributed by atoms with E-state index in [0.29, 0.717) is 0 Å². The summed E-state index contributed by atoms with van der Waals surface area (Å²) >= 11 is 0. The number of alkyl halides is 2. The molecule has 0 aromatic rings. The Bertz CT molecular complexity index is 353. The molecule has 3 heterocycles. The van der Waals surface area contributed by atoms with Gasteiger partial charge in [0.2, 0.25) is 0 Å². The molecule has 2 unspecified atom stereocenters. The van der Waals surface area contributed by atoms with Crippen molar-refractivity contribution in [1.82, 2.24) is 0 Å². The topological polar surface area (TPSA) is 55.4 Å². The quantitative estimate of drug-likeness (QED) is 0.674. The van der Waals surface area contributed by atoms with E-state index in [9.17, 15) is 8.78 Å². The number of ether oxygens (including phenoxy) is 6. The Labute approximate surface area is 120 Å². The van der Waals surface area contributed by atoms with E-state index in [1.807, 2.05) is 0 Å². The maximum Gasteiger partial charge on any atom is 0.486 e. The van der Waals surface area contributed by atoms with Crippen molar-refractivity contribution in [2.24, 2.45) is 0 Å². The van der Waals surface area contributed by atoms with Gasteiger partial charge in [-0.1, -0.05) is 0 Å². The minimum absolute atomic E-state index is 0.537. The fourth-order valence-corrected chi connectivity index (χ4v) is 3.64. The predicted octanol–water partition coefficient (Wildman–Crippen LogP) is 1.37. The molecule has 3 aliphatic heterocycles. The van der Waals surface area contributed by atoms with E-state index in [4.69, 9.17) is 28.4 Å². The van der Waals surface area contributed by atoms with Gasteiger partial charge in [-0.2, -0.15) is 0 Å². The van der Waals surface area contributed by atoms with Crippen LogP contribution < -0.4 is 0 Å². The number of rotatable bonds is 0. The van der Waals surface area contributed by atoms with Crippen molar-refractivity contribution >= 4 is 0 Å². The first-order valence-corrected chi connectivity index (χ1v) is 7.02. The lowest BCUT2D eigenvalue weighted by Crippen LogP contribution is -2.60. The molecule has 1 aliphatic carbocycles. The Morgan fingerprint density at radius 1 is 0.524 bits per heavy atom. The molecule has 1 saturated carbocycles. The van der Waals surface area contributed by atoms with Gasteiger partial charge < -0.3 is 18.9 Å². The molecule has 0 bridgehead atoms. The van der Waals surface area contributed by atoms with Crippen molar-refractivity contribution < 1.29 is 37.2 Å². The maximum atomic E-state index is 13.5. The average molecular weight is 308 g/mol. The van der Waals surface area contributed by atoms with Crippen LogP contribution in [0.5, 0.6) is 0 Å². The Morgan fingerprint density at radius 2 is 0.762 bits per heavy atom. The summed E-state index contributed by atoms with van der Waals surface area (Å²) in [6.07, 6.45) is -8.00. The molecule has 8 heteroatoms. The van der Waals surface area contributed by atoms with Gasteiger partial charge in [0.15, 0.2) is 11.6 Å². The van der Waals surface area contributed by atoms with Crippen LogP contribution >= 0.6 is 0 Å². The van der Waals surface area contributed by atoms with Gasteiger partial charge in [0.05, 0.1) is 0 Å². The monoisotopic (exact) mass is 308 g/mol. The highest BCUT2D eigenvalue weighted by molar-refractivity contribution is 5.10. The summed E-state index contributed by atoms with van der Waals surface area (Å²) in [5.74, 6) is -1.79. The summed E-state index contributed by atoms with van der Waals surface area (Å²) in [4.78, 5) is 0. The Morgan fingerprint density at radius 3 is 1.05 bits per heavy atom. The average Bonchev–Trinajstić information content (AvgIpc) is 2.88. The second-order valence-electron chi connectivity index (χ2n) is 6.76. The van der Waals surface area contributed by atoms with Gasteiger partial charge in [0.25, 0.3) is 0 Å². The largest absolute Gasteiger partial charge is 0.486 e. The van der Waals surface area contributed by atoms with Crippen LogP contribution in [0, 0.1) is 0 Å². The lowest BCUT2D eigenvalue weighted by Gasteiger charge is -2.37. The Balaban J connectivity index is 1.71. The van der Waals surface area contributed by atoms with Gasteiger partial charge in [-0.3, -0.25) is 9.47 Å². The van der Waals surface area contributed by atoms with E-state index in [1.165, 1.54) is 0 Å². The molecule has 0 radical (unpaired) electrons. The fourth-order valence-electron chi connectivity index (χ4n) is 3.64. The maximum absolute atomic E-state index is 13.5. The summed E-state index contributed by atoms with van der Waals surface area (Å²) in [6, 6.07) is 0. The summed E-state index contributed by atoms with van der Waals surface area (Å²) in [5, 5.41) is 0. The molecule has 0 amide bonds. The molecule has 0 aromatic carbocycles. The highest BCUT2D eigenvalue weighted by Gasteiger charge is 2.69. The first-order valence-electron chi connectivity index (χ1n) is 7.02. The molecule has 21 heavy (non-hydrogen) atoms. The summed E-state index contributed by atoms with van der Waals surface area (Å²) in [7, 11) is 0. The molecule has 0 aromatic heterocycles. The van der Waals surface area contributed by atoms with Gasteiger partial charge in [0, 0.05) is 0 Å². The minimum atomic E-state index is -3.65. The summed E-state index contributed by atoms with van der Waals surface area (Å²) in [5.41, 5.74) is 0. The third kappa shape index (κ3) is 2.12. The molecule has 120 valence electrons. The molecule has 0 spiro atoms. The zero-order valence-electron chi connectivity index (χ0n) is 12.2. The molecule has 4 rings (SSSR count). The second kappa shape index (κ2) is 3.93. The zero-order chi connectivity index (χ0) is 15.2. The molecule has 4 fully saturated rings. The molecule has 6 atom stereocenters. The van der Waals surface area contributed by atoms with E-state index in [2.05, 4.69) is 0 Å². The first-order chi connectivity index (χ1) is 9.57. The van der Waals surface area contributed by atoms with Crippen LogP contribution in [0.3, 0.4) is 0 Å². The summed E-state index contributed by atoms with van der Waals surface area (Å²) < 4.78 is 59.6. The lowest BCUT2D eigenvalue weighted by molar-refractivity contribution is -0.356. The summed E-state index contributed by atoms with van der Waals surface area (Å²) in [6.45, 7) is 6.91. The van der Waals surface area contributed by atoms with Crippen LogP contribution in [0.1, 0.15) is 27.7 Å². The van der Waals surface area contributed by atoms with E-state index >= 15 is 0 Å². The van der Waals surface area contributed by atoms with Crippen LogP contribution in [0.15, 0.2) is 0 Å². The standard InChI is InChI=1S/C13H18F2O6/c1-11(2)16-5-6-8(19-12(3,4)17-6)10-9(7(5)18-11)20-13(14,15)21-10/h5-10H,1-4H3/t5-,6-,7-,8+,9?,10?/m1/s1. The normalized spacial score (nSPS) is 52.3. The Hall–Kier alpha value is -0.380. The van der Waals surface area contributed by atoms with Crippen LogP contribution in [0.4, 0.5) is 8.78 Å². The molecule has 0 N–H and O–H groups in total. The lowest BCUT2D eigenvalue weighted by atomic mass is 9.85. The predicted molar refractivity (Wildman–Crippen MR) is 62.3 cm³/mol. The van der Waals surface area contributed by atoms with Crippen molar-refractivity contribution in [1.29, 1.82) is 0 Å². The van der Waals surface area contributed by atoms with Crippen LogP contribution in [-0.4, -0.2) is 54.5 Å². The third-order valence-corrected chi connectivity index (χ3v) is 4.17. The second-order valence-corrected chi connectivity index (χ2v) is 6.76. The number of fused-ring (bicyclic) bond motifs is 6. The highest BCUT2D eigenvalue weighted by Crippen LogP contribution is 2.50. The highest BCUT2D eigenvalue weighted by atomic mass is 19.3. The smallest absolute Gasteiger partial charge is 0.342 e. The Kier molecular flexibility index (Phi) is 2.66. The fraction of sp³-hybridized carbons (Fsp3) is 1.00. The zero-order valence-corrected chi connectivity index (χ0v) is 12.2. The molecule has 6 nitrogen and oxygen atoms in total. The number of hydrogen-bond donors (Lipinski definition) is 0. The van der Waals surface area contributed by atoms with E-state index in [0.717, 1.165) is 0 Å². The van der Waals surface area contributed by atoms with Gasteiger partial charge in [-0.15, -0.1) is 8.78 Å². The van der Waals surface area contributed by atoms with Crippen LogP contribution in [-0.2, 0) is 28.4 Å². The van der Waals surface area contributed by atoms with Crippen molar-refractivity contribution in [2.45, 2.75) is 82.2 Å². The number of halogens is 2. The van der Waals surface area contributed by atoms with E-state index in [1.54, 1.807) is 27.7 Å². The molecule has 4 aliphatic rings. The van der Waals surface area contributed by atoms with Gasteiger partial charge >= 0.3 is 6.29 Å². The van der Waals surface area contributed by atoms with Crippen LogP contribution in [0.2, 0.25) is 0 Å². The van der Waals surface area contributed by atoms with E-state index in [-0.39, 0.29) is 0 Å². The number of hydrogen-bond acceptors (Lipinski definition) is 6. The minimum Gasteiger partial charge on any atom is -0.342 e. The third-order valence-electron chi connectivity index (χ3n) is 4.17. The van der Waals surface area contributed by atoms with Crippen LogP contribution in [0.25, 0.3) is 0 Å². The van der Waals surface area contributed by atoms with Crippen molar-refractivity contribution in [3.8, 4) is 0 Å². The SMILES string of the molecule is CC1(C)O[C@@H]2[C@H]3OC(C)(C)O[C@H]3C3OC(F)(F)OC3[C@H]2O1. The van der Waals surface area contributed by atoms with Crippen molar-refractivity contribution in [3.63, 3.8) is 0 Å². The van der Waals surface area contributed by atoms with E-state index < -0.39 is 54.5 Å². The molecule has 3 saturated heterocycles. The van der Waals surface area contributed by atoms with Gasteiger partial charge in [-0.25, -0.2) is 0 Å².